The number of nitrogens with two attached hydrogens (primary N) is 1. The van der Waals surface area contributed by atoms with Crippen molar-refractivity contribution in [1.29, 1.82) is 0 Å². The van der Waals surface area contributed by atoms with Crippen LogP contribution in [0.25, 0.3) is 0 Å². The van der Waals surface area contributed by atoms with Gasteiger partial charge in [0, 0.05) is 30.6 Å². The van der Waals surface area contributed by atoms with Gasteiger partial charge in [0.2, 0.25) is 15.9 Å². The Morgan fingerprint density at radius 2 is 1.75 bits per heavy atom. The van der Waals surface area contributed by atoms with Crippen LogP contribution in [0.1, 0.15) is 50.6 Å². The second kappa shape index (κ2) is 8.73. The quantitative estimate of drug-likeness (QED) is 0.685. The Balaban J connectivity index is 1.35. The highest BCUT2D eigenvalue weighted by Gasteiger charge is 2.42. The number of primary sulfonamides is 1. The number of fused-ring (bicyclic) bond motifs is 1. The molecule has 0 aromatic heterocycles. The molecule has 0 radical (unpaired) electrons. The first-order chi connectivity index (χ1) is 15.2. The monoisotopic (exact) mass is 459 g/mol. The highest BCUT2D eigenvalue weighted by molar-refractivity contribution is 7.89. The molecule has 1 aliphatic heterocycles. The number of sulfonamides is 1. The Bertz CT molecular complexity index is 1100. The van der Waals surface area contributed by atoms with Gasteiger partial charge < -0.3 is 14.8 Å². The van der Waals surface area contributed by atoms with E-state index in [1.807, 2.05) is 37.1 Å². The molecule has 0 unspecified atom stereocenters. The lowest BCUT2D eigenvalue weighted by Gasteiger charge is -2.31. The van der Waals surface area contributed by atoms with Crippen LogP contribution in [0, 0.1) is 0 Å². The van der Waals surface area contributed by atoms with Crippen molar-refractivity contribution in [2.45, 2.75) is 55.8 Å². The molecule has 1 spiro atoms. The normalized spacial score (nSPS) is 18.0. The van der Waals surface area contributed by atoms with Gasteiger partial charge in [0.25, 0.3) is 5.79 Å². The van der Waals surface area contributed by atoms with Crippen LogP contribution in [0.3, 0.4) is 0 Å². The van der Waals surface area contributed by atoms with E-state index in [2.05, 4.69) is 5.32 Å². The Morgan fingerprint density at radius 1 is 1.09 bits per heavy atom. The molecule has 172 valence electrons. The maximum atomic E-state index is 12.6. The lowest BCUT2D eigenvalue weighted by atomic mass is 9.94. The van der Waals surface area contributed by atoms with Crippen molar-refractivity contribution in [3.63, 3.8) is 0 Å². The average Bonchev–Trinajstić information content (AvgIpc) is 3.09. The lowest BCUT2D eigenvalue weighted by molar-refractivity contribution is -0.117. The van der Waals surface area contributed by atoms with Crippen molar-refractivity contribution in [1.82, 2.24) is 4.90 Å². The van der Waals surface area contributed by atoms with E-state index in [0.717, 1.165) is 37.0 Å². The van der Waals surface area contributed by atoms with Crippen LogP contribution in [-0.2, 0) is 14.8 Å². The number of likely N-dealkylation sites (N-methyl/N-ethyl adjacent to an activating group) is 1. The SMILES string of the molecule is C[C@H](c1ccc(S(N)(=O)=O)cc1)N(C)CC(=O)Nc1ccc2c(c1)OC1(CCCCC1)O2. The number of hydrogen-bond acceptors (Lipinski definition) is 6. The number of carbonyl (C=O) groups is 1. The van der Waals surface area contributed by atoms with Crippen LogP contribution in [0.5, 0.6) is 11.5 Å². The van der Waals surface area contributed by atoms with Crippen LogP contribution in [0.4, 0.5) is 5.69 Å². The summed E-state index contributed by atoms with van der Waals surface area (Å²) in [6.07, 6.45) is 5.14. The second-order valence-corrected chi connectivity index (χ2v) is 10.2. The summed E-state index contributed by atoms with van der Waals surface area (Å²) >= 11 is 0. The van der Waals surface area contributed by atoms with Gasteiger partial charge in [0.15, 0.2) is 11.5 Å². The van der Waals surface area contributed by atoms with Crippen molar-refractivity contribution in [2.24, 2.45) is 5.14 Å². The van der Waals surface area contributed by atoms with Crippen LogP contribution < -0.4 is 19.9 Å². The number of nitrogens with one attached hydrogen (secondary N) is 1. The van der Waals surface area contributed by atoms with Gasteiger partial charge in [-0.15, -0.1) is 0 Å². The summed E-state index contributed by atoms with van der Waals surface area (Å²) < 4.78 is 35.1. The summed E-state index contributed by atoms with van der Waals surface area (Å²) in [7, 11) is -1.89. The third-order valence-corrected chi connectivity index (χ3v) is 7.11. The number of nitrogens with zero attached hydrogens (tertiary/aromatic N) is 1. The summed E-state index contributed by atoms with van der Waals surface area (Å²) in [4.78, 5) is 14.6. The third kappa shape index (κ3) is 4.90. The molecule has 1 fully saturated rings. The molecule has 2 aromatic carbocycles. The maximum absolute atomic E-state index is 12.6. The van der Waals surface area contributed by atoms with Gasteiger partial charge in [-0.05, 0) is 56.6 Å². The number of carbonyl (C=O) groups excluding carboxylic acids is 1. The minimum absolute atomic E-state index is 0.0617. The first kappa shape index (κ1) is 22.6. The summed E-state index contributed by atoms with van der Waals surface area (Å²) in [5, 5.41) is 8.07. The Hall–Kier alpha value is -2.62. The summed E-state index contributed by atoms with van der Waals surface area (Å²) in [6.45, 7) is 2.11. The first-order valence-electron chi connectivity index (χ1n) is 10.8. The molecule has 3 N–H and O–H groups in total. The fraction of sp³-hybridized carbons (Fsp3) is 0.435. The molecule has 0 saturated heterocycles. The summed E-state index contributed by atoms with van der Waals surface area (Å²) in [6, 6.07) is 11.7. The zero-order valence-corrected chi connectivity index (χ0v) is 19.2. The molecule has 4 rings (SSSR count). The zero-order chi connectivity index (χ0) is 22.9. The molecule has 9 heteroatoms. The van der Waals surface area contributed by atoms with Crippen LogP contribution in [0.15, 0.2) is 47.4 Å². The molecule has 1 aliphatic carbocycles. The van der Waals surface area contributed by atoms with Gasteiger partial charge in [-0.3, -0.25) is 9.69 Å². The van der Waals surface area contributed by atoms with E-state index >= 15 is 0 Å². The predicted molar refractivity (Wildman–Crippen MR) is 121 cm³/mol. The standard InChI is InChI=1S/C23H29N3O5S/c1-16(17-6-9-19(10-7-17)32(24,28)29)26(2)15-22(27)25-18-8-11-20-21(14-18)31-23(30-20)12-4-3-5-13-23/h6-11,14,16H,3-5,12-13,15H2,1-2H3,(H,25,27)(H2,24,28,29)/t16-/m1/s1. The van der Waals surface area contributed by atoms with E-state index in [4.69, 9.17) is 14.6 Å². The first-order valence-corrected chi connectivity index (χ1v) is 12.3. The molecular formula is C23H29N3O5S. The predicted octanol–water partition coefficient (Wildman–Crippen LogP) is 3.40. The minimum Gasteiger partial charge on any atom is -0.448 e. The molecular weight excluding hydrogens is 430 g/mol. The van der Waals surface area contributed by atoms with Gasteiger partial charge in [-0.1, -0.05) is 18.6 Å². The van der Waals surface area contributed by atoms with Gasteiger partial charge in [0.05, 0.1) is 11.4 Å². The summed E-state index contributed by atoms with van der Waals surface area (Å²) in [5.41, 5.74) is 1.54. The van der Waals surface area contributed by atoms with E-state index < -0.39 is 15.8 Å². The fourth-order valence-electron chi connectivity index (χ4n) is 4.22. The fourth-order valence-corrected chi connectivity index (χ4v) is 4.74. The molecule has 1 atom stereocenters. The van der Waals surface area contributed by atoms with Gasteiger partial charge in [-0.25, -0.2) is 13.6 Å². The van der Waals surface area contributed by atoms with Gasteiger partial charge in [-0.2, -0.15) is 0 Å². The molecule has 2 aliphatic rings. The molecule has 32 heavy (non-hydrogen) atoms. The van der Waals surface area contributed by atoms with Gasteiger partial charge in [0.1, 0.15) is 0 Å². The number of anilines is 1. The zero-order valence-electron chi connectivity index (χ0n) is 18.3. The number of rotatable bonds is 6. The van der Waals surface area contributed by atoms with Crippen molar-refractivity contribution in [2.75, 3.05) is 18.9 Å². The van der Waals surface area contributed by atoms with Crippen LogP contribution in [0.2, 0.25) is 0 Å². The van der Waals surface area contributed by atoms with Crippen LogP contribution in [-0.4, -0.2) is 38.6 Å². The topological polar surface area (TPSA) is 111 Å². The van der Waals surface area contributed by atoms with Crippen molar-refractivity contribution < 1.29 is 22.7 Å². The molecule has 0 bridgehead atoms. The number of hydrogen-bond donors (Lipinski definition) is 2. The smallest absolute Gasteiger partial charge is 0.251 e. The van der Waals surface area contributed by atoms with Crippen molar-refractivity contribution in [3.8, 4) is 11.5 Å². The van der Waals surface area contributed by atoms with E-state index in [1.54, 1.807) is 12.1 Å². The van der Waals surface area contributed by atoms with Crippen LogP contribution >= 0.6 is 0 Å². The van der Waals surface area contributed by atoms with Crippen molar-refractivity contribution >= 4 is 21.6 Å². The van der Waals surface area contributed by atoms with E-state index in [9.17, 15) is 13.2 Å². The largest absolute Gasteiger partial charge is 0.448 e. The Kier molecular flexibility index (Phi) is 6.15. The number of ether oxygens (including phenoxy) is 2. The Labute approximate surface area is 188 Å². The minimum atomic E-state index is -3.73. The lowest BCUT2D eigenvalue weighted by Crippen LogP contribution is -2.40. The van der Waals surface area contributed by atoms with Crippen molar-refractivity contribution in [3.05, 3.63) is 48.0 Å². The highest BCUT2D eigenvalue weighted by atomic mass is 32.2. The van der Waals surface area contributed by atoms with E-state index in [0.29, 0.717) is 11.4 Å². The molecule has 1 amide bonds. The number of amides is 1. The van der Waals surface area contributed by atoms with Gasteiger partial charge >= 0.3 is 0 Å². The molecule has 2 aromatic rings. The number of benzene rings is 2. The van der Waals surface area contributed by atoms with E-state index in [1.165, 1.54) is 18.6 Å². The van der Waals surface area contributed by atoms with E-state index in [-0.39, 0.29) is 23.4 Å². The highest BCUT2D eigenvalue weighted by Crippen LogP contribution is 2.46. The molecule has 1 heterocycles. The molecule has 1 saturated carbocycles. The maximum Gasteiger partial charge on any atom is 0.251 e. The Morgan fingerprint density at radius 3 is 2.41 bits per heavy atom. The third-order valence-electron chi connectivity index (χ3n) is 6.18. The molecule has 8 nitrogen and oxygen atoms in total. The second-order valence-electron chi connectivity index (χ2n) is 8.59. The summed E-state index contributed by atoms with van der Waals surface area (Å²) in [5.74, 6) is 0.684. The average molecular weight is 460 g/mol.